The average Bonchev–Trinajstić information content (AvgIpc) is 3.00. The van der Waals surface area contributed by atoms with Crippen molar-refractivity contribution < 1.29 is 14.6 Å². The Kier molecular flexibility index (Phi) is 4.67. The second-order valence-electron chi connectivity index (χ2n) is 9.90. The monoisotopic (exact) mass is 487 g/mol. The highest BCUT2D eigenvalue weighted by Crippen LogP contribution is 2.47. The number of thioether (sulfide) groups is 1. The lowest BCUT2D eigenvalue weighted by atomic mass is 9.75. The number of nitrogens with zero attached hydrogens (tertiary/aromatic N) is 3. The summed E-state index contributed by atoms with van der Waals surface area (Å²) in [4.78, 5) is 28.9. The fourth-order valence-corrected chi connectivity index (χ4v) is 7.11. The highest BCUT2D eigenvalue weighted by Gasteiger charge is 2.42. The van der Waals surface area contributed by atoms with Crippen LogP contribution >= 0.6 is 11.8 Å². The number of rotatable bonds is 0. The molecule has 5 aliphatic rings. The van der Waals surface area contributed by atoms with Crippen molar-refractivity contribution in [1.82, 2.24) is 9.58 Å². The molecular formula is C27H25N3O4S. The first-order chi connectivity index (χ1) is 17.1. The van der Waals surface area contributed by atoms with Crippen molar-refractivity contribution >= 4 is 17.7 Å². The minimum atomic E-state index is -0.544. The van der Waals surface area contributed by atoms with Crippen molar-refractivity contribution in [1.29, 1.82) is 0 Å². The molecule has 8 rings (SSSR count). The molecular weight excluding hydrogens is 462 g/mol. The first-order valence-electron chi connectivity index (χ1n) is 12.1. The fraction of sp³-hybridized carbons (Fsp3) is 0.333. The normalized spacial score (nSPS) is 24.5. The number of ether oxygens (including phenoxy) is 1. The summed E-state index contributed by atoms with van der Waals surface area (Å²) in [6.45, 7) is 1.63. The molecule has 5 heterocycles. The Hall–Kier alpha value is -3.39. The molecule has 4 bridgehead atoms. The van der Waals surface area contributed by atoms with E-state index in [-0.39, 0.29) is 17.6 Å². The third-order valence-electron chi connectivity index (χ3n) is 7.75. The van der Waals surface area contributed by atoms with Gasteiger partial charge >= 0.3 is 0 Å². The minimum absolute atomic E-state index is 0.0333. The molecule has 7 nitrogen and oxygen atoms in total. The van der Waals surface area contributed by atoms with Crippen LogP contribution in [0.4, 0.5) is 0 Å². The summed E-state index contributed by atoms with van der Waals surface area (Å²) in [6.07, 6.45) is 3.63. The Morgan fingerprint density at radius 1 is 1.00 bits per heavy atom. The first-order valence-corrected chi connectivity index (χ1v) is 13.0. The van der Waals surface area contributed by atoms with Crippen LogP contribution in [-0.4, -0.2) is 40.4 Å². The van der Waals surface area contributed by atoms with E-state index in [1.54, 1.807) is 27.5 Å². The topological polar surface area (TPSA) is 75.0 Å². The summed E-state index contributed by atoms with van der Waals surface area (Å²) < 4.78 is 8.18. The third-order valence-corrected chi connectivity index (χ3v) is 8.89. The second kappa shape index (κ2) is 7.81. The van der Waals surface area contributed by atoms with Gasteiger partial charge in [-0.2, -0.15) is 0 Å². The Bertz CT molecular complexity index is 1410. The van der Waals surface area contributed by atoms with Crippen molar-refractivity contribution in [3.63, 3.8) is 0 Å². The first kappa shape index (κ1) is 20.9. The van der Waals surface area contributed by atoms with E-state index in [0.29, 0.717) is 31.7 Å². The highest BCUT2D eigenvalue weighted by molar-refractivity contribution is 7.98. The number of hydrogen-bond donors (Lipinski definition) is 1. The SMILES string of the molecule is O=C1c2c(O)c(=O)ccn2N2CN1CC1CC(COc3cccc4c3[C@H]2c2ccccc2SC4)C1. The molecule has 4 aliphatic heterocycles. The lowest BCUT2D eigenvalue weighted by Gasteiger charge is -2.47. The second-order valence-corrected chi connectivity index (χ2v) is 10.9. The number of carbonyl (C=O) groups excluding carboxylic acids is 1. The molecule has 35 heavy (non-hydrogen) atoms. The number of carbonyl (C=O) groups is 1. The summed E-state index contributed by atoms with van der Waals surface area (Å²) in [5.74, 6) is 1.75. The van der Waals surface area contributed by atoms with Crippen LogP contribution in [0.2, 0.25) is 0 Å². The van der Waals surface area contributed by atoms with Gasteiger partial charge in [0.2, 0.25) is 5.43 Å². The van der Waals surface area contributed by atoms with Crippen molar-refractivity contribution in [2.75, 3.05) is 24.8 Å². The molecule has 0 unspecified atom stereocenters. The van der Waals surface area contributed by atoms with E-state index >= 15 is 0 Å². The lowest BCUT2D eigenvalue weighted by Crippen LogP contribution is -2.57. The van der Waals surface area contributed by atoms with Gasteiger partial charge in [-0.05, 0) is 47.9 Å². The molecule has 1 aromatic heterocycles. The van der Waals surface area contributed by atoms with E-state index < -0.39 is 11.2 Å². The smallest absolute Gasteiger partial charge is 0.277 e. The van der Waals surface area contributed by atoms with Gasteiger partial charge in [0.25, 0.3) is 5.91 Å². The fourth-order valence-electron chi connectivity index (χ4n) is 6.02. The van der Waals surface area contributed by atoms with Gasteiger partial charge in [-0.25, -0.2) is 0 Å². The Labute approximate surface area is 206 Å². The van der Waals surface area contributed by atoms with E-state index in [1.807, 2.05) is 18.2 Å². The van der Waals surface area contributed by atoms with Crippen LogP contribution < -0.4 is 15.2 Å². The van der Waals surface area contributed by atoms with Crippen molar-refractivity contribution in [3.8, 4) is 11.5 Å². The van der Waals surface area contributed by atoms with Crippen LogP contribution in [0.15, 0.2) is 64.4 Å². The van der Waals surface area contributed by atoms with Gasteiger partial charge in [0.1, 0.15) is 18.5 Å². The number of pyridine rings is 1. The van der Waals surface area contributed by atoms with Gasteiger partial charge in [0, 0.05) is 35.0 Å². The van der Waals surface area contributed by atoms with E-state index in [1.165, 1.54) is 16.5 Å². The zero-order valence-electron chi connectivity index (χ0n) is 19.1. The number of aromatic nitrogens is 1. The molecule has 1 N–H and O–H groups in total. The predicted molar refractivity (Wildman–Crippen MR) is 132 cm³/mol. The zero-order chi connectivity index (χ0) is 23.7. The molecule has 0 spiro atoms. The largest absolute Gasteiger partial charge is 0.502 e. The minimum Gasteiger partial charge on any atom is -0.502 e. The van der Waals surface area contributed by atoms with Crippen LogP contribution in [0.1, 0.15) is 46.1 Å². The number of benzene rings is 2. The molecule has 2 aromatic carbocycles. The molecule has 1 fully saturated rings. The van der Waals surface area contributed by atoms with Crippen LogP contribution in [0.5, 0.6) is 11.5 Å². The molecule has 1 atom stereocenters. The molecule has 1 saturated carbocycles. The van der Waals surface area contributed by atoms with Crippen LogP contribution in [0, 0.1) is 11.8 Å². The maximum atomic E-state index is 13.6. The van der Waals surface area contributed by atoms with Gasteiger partial charge in [-0.1, -0.05) is 30.3 Å². The van der Waals surface area contributed by atoms with Gasteiger partial charge in [0.05, 0.1) is 6.61 Å². The van der Waals surface area contributed by atoms with Gasteiger partial charge in [0.15, 0.2) is 11.4 Å². The molecule has 0 saturated heterocycles. The summed E-state index contributed by atoms with van der Waals surface area (Å²) in [7, 11) is 0. The van der Waals surface area contributed by atoms with E-state index in [4.69, 9.17) is 4.74 Å². The molecule has 8 heteroatoms. The van der Waals surface area contributed by atoms with Gasteiger partial charge in [-0.3, -0.25) is 19.3 Å². The summed E-state index contributed by atoms with van der Waals surface area (Å²) in [6, 6.07) is 15.7. The third kappa shape index (κ3) is 3.19. The maximum Gasteiger partial charge on any atom is 0.277 e. The quantitative estimate of drug-likeness (QED) is 0.521. The Morgan fingerprint density at radius 3 is 2.74 bits per heavy atom. The predicted octanol–water partition coefficient (Wildman–Crippen LogP) is 3.72. The van der Waals surface area contributed by atoms with Crippen LogP contribution in [0.25, 0.3) is 0 Å². The van der Waals surface area contributed by atoms with Crippen molar-refractivity contribution in [2.45, 2.75) is 29.5 Å². The number of amides is 1. The highest BCUT2D eigenvalue weighted by atomic mass is 32.2. The average molecular weight is 488 g/mol. The Balaban J connectivity index is 1.52. The molecule has 0 radical (unpaired) electrons. The maximum absolute atomic E-state index is 13.6. The Morgan fingerprint density at radius 2 is 1.86 bits per heavy atom. The van der Waals surface area contributed by atoms with Gasteiger partial charge in [-0.15, -0.1) is 11.8 Å². The summed E-state index contributed by atoms with van der Waals surface area (Å²) in [5.41, 5.74) is 2.88. The van der Waals surface area contributed by atoms with Crippen molar-refractivity contribution in [2.24, 2.45) is 11.8 Å². The van der Waals surface area contributed by atoms with Crippen LogP contribution in [-0.2, 0) is 5.75 Å². The van der Waals surface area contributed by atoms with Crippen molar-refractivity contribution in [3.05, 3.63) is 87.3 Å². The van der Waals surface area contributed by atoms with E-state index in [2.05, 4.69) is 29.3 Å². The lowest BCUT2D eigenvalue weighted by molar-refractivity contribution is 0.0486. The summed E-state index contributed by atoms with van der Waals surface area (Å²) >= 11 is 1.80. The summed E-state index contributed by atoms with van der Waals surface area (Å²) in [5, 5.41) is 12.9. The number of hydrogen-bond acceptors (Lipinski definition) is 6. The zero-order valence-corrected chi connectivity index (χ0v) is 19.9. The standard InChI is InChI=1S/C27H25N3O4S/c31-20-8-9-29-25(26(20)32)27(33)28-12-16-10-17(11-16)13-34-21-6-3-4-18-14-35-22-7-2-1-5-19(22)24(23(18)21)30(29)15-28/h1-9,16-17,24,32H,10-15H2/t16?,17?,24-/m1/s1. The molecule has 1 amide bonds. The van der Waals surface area contributed by atoms with Gasteiger partial charge < -0.3 is 14.7 Å². The molecule has 178 valence electrons. The van der Waals surface area contributed by atoms with Crippen LogP contribution in [0.3, 0.4) is 0 Å². The number of aromatic hydroxyl groups is 1. The van der Waals surface area contributed by atoms with E-state index in [9.17, 15) is 14.7 Å². The molecule has 3 aromatic rings. The van der Waals surface area contributed by atoms with E-state index in [0.717, 1.165) is 35.5 Å². The number of fused-ring (bicyclic) bond motifs is 3. The molecule has 1 aliphatic carbocycles.